The molecule has 2 N–H and O–H groups in total. The monoisotopic (exact) mass is 269 g/mol. The van der Waals surface area contributed by atoms with Gasteiger partial charge < -0.3 is 10.6 Å². The van der Waals surface area contributed by atoms with Crippen molar-refractivity contribution in [3.63, 3.8) is 0 Å². The molecule has 0 saturated carbocycles. The summed E-state index contributed by atoms with van der Waals surface area (Å²) in [4.78, 5) is 24.2. The van der Waals surface area contributed by atoms with Crippen molar-refractivity contribution in [2.75, 3.05) is 11.9 Å². The maximum Gasteiger partial charge on any atom is 0.270 e. The first-order valence-electron chi connectivity index (χ1n) is 6.15. The summed E-state index contributed by atoms with van der Waals surface area (Å²) < 4.78 is 0. The Morgan fingerprint density at radius 3 is 2.90 bits per heavy atom. The SMILES string of the molecule is C=CCNc1nccc(C(=O)NCc2ccccn2)n1. The van der Waals surface area contributed by atoms with Crippen molar-refractivity contribution in [2.45, 2.75) is 6.54 Å². The number of amides is 1. The third kappa shape index (κ3) is 3.88. The maximum absolute atomic E-state index is 12.0. The minimum absolute atomic E-state index is 0.264. The first-order chi connectivity index (χ1) is 9.79. The summed E-state index contributed by atoms with van der Waals surface area (Å²) in [6, 6.07) is 7.11. The fourth-order valence-electron chi connectivity index (χ4n) is 1.50. The highest BCUT2D eigenvalue weighted by Gasteiger charge is 2.08. The van der Waals surface area contributed by atoms with E-state index in [1.54, 1.807) is 18.3 Å². The summed E-state index contributed by atoms with van der Waals surface area (Å²) in [6.45, 7) is 4.49. The Kier molecular flexibility index (Phi) is 4.77. The average Bonchev–Trinajstić information content (AvgIpc) is 2.52. The van der Waals surface area contributed by atoms with Crippen molar-refractivity contribution in [1.82, 2.24) is 20.3 Å². The summed E-state index contributed by atoms with van der Waals surface area (Å²) in [5.74, 6) is 0.134. The minimum Gasteiger partial charge on any atom is -0.351 e. The van der Waals surface area contributed by atoms with E-state index in [1.165, 1.54) is 6.20 Å². The van der Waals surface area contributed by atoms with Gasteiger partial charge in [0.2, 0.25) is 5.95 Å². The molecule has 2 aromatic rings. The van der Waals surface area contributed by atoms with Gasteiger partial charge in [-0.15, -0.1) is 6.58 Å². The van der Waals surface area contributed by atoms with Gasteiger partial charge in [-0.2, -0.15) is 0 Å². The van der Waals surface area contributed by atoms with E-state index in [0.29, 0.717) is 24.7 Å². The normalized spacial score (nSPS) is 9.80. The molecule has 6 nitrogen and oxygen atoms in total. The van der Waals surface area contributed by atoms with Crippen molar-refractivity contribution in [3.05, 3.63) is 60.7 Å². The van der Waals surface area contributed by atoms with Gasteiger partial charge >= 0.3 is 0 Å². The van der Waals surface area contributed by atoms with Crippen molar-refractivity contribution in [3.8, 4) is 0 Å². The Hall–Kier alpha value is -2.76. The van der Waals surface area contributed by atoms with Crippen LogP contribution >= 0.6 is 0 Å². The fraction of sp³-hybridized carbons (Fsp3) is 0.143. The molecule has 0 aliphatic heterocycles. The highest BCUT2D eigenvalue weighted by atomic mass is 16.1. The molecular formula is C14H15N5O. The molecule has 0 radical (unpaired) electrons. The number of hydrogen-bond donors (Lipinski definition) is 2. The molecule has 0 fully saturated rings. The summed E-state index contributed by atoms with van der Waals surface area (Å²) in [5, 5.41) is 5.69. The number of carbonyl (C=O) groups is 1. The quantitative estimate of drug-likeness (QED) is 0.775. The molecule has 0 spiro atoms. The first-order valence-corrected chi connectivity index (χ1v) is 6.15. The van der Waals surface area contributed by atoms with Gasteiger partial charge in [-0.05, 0) is 18.2 Å². The number of hydrogen-bond acceptors (Lipinski definition) is 5. The highest BCUT2D eigenvalue weighted by Crippen LogP contribution is 2.01. The van der Waals surface area contributed by atoms with Crippen molar-refractivity contribution in [1.29, 1.82) is 0 Å². The molecule has 0 aromatic carbocycles. The van der Waals surface area contributed by atoms with Gasteiger partial charge in [0.1, 0.15) is 5.69 Å². The number of aromatic nitrogens is 3. The third-order valence-electron chi connectivity index (χ3n) is 2.45. The lowest BCUT2D eigenvalue weighted by Gasteiger charge is -2.06. The number of carbonyl (C=O) groups excluding carboxylic acids is 1. The molecule has 0 aliphatic carbocycles. The van der Waals surface area contributed by atoms with E-state index < -0.39 is 0 Å². The Balaban J connectivity index is 1.96. The van der Waals surface area contributed by atoms with Gasteiger partial charge in [-0.25, -0.2) is 9.97 Å². The molecule has 0 aliphatic rings. The molecule has 2 heterocycles. The molecule has 0 saturated heterocycles. The van der Waals surface area contributed by atoms with Crippen molar-refractivity contribution >= 4 is 11.9 Å². The fourth-order valence-corrected chi connectivity index (χ4v) is 1.50. The average molecular weight is 269 g/mol. The molecule has 102 valence electrons. The molecule has 2 rings (SSSR count). The number of anilines is 1. The lowest BCUT2D eigenvalue weighted by Crippen LogP contribution is -2.24. The predicted octanol–water partition coefficient (Wildman–Crippen LogP) is 1.40. The lowest BCUT2D eigenvalue weighted by molar-refractivity contribution is 0.0945. The molecule has 20 heavy (non-hydrogen) atoms. The Morgan fingerprint density at radius 1 is 1.25 bits per heavy atom. The topological polar surface area (TPSA) is 79.8 Å². The summed E-state index contributed by atoms with van der Waals surface area (Å²) in [5.41, 5.74) is 1.10. The van der Waals surface area contributed by atoms with Crippen LogP contribution in [0.2, 0.25) is 0 Å². The molecular weight excluding hydrogens is 254 g/mol. The molecule has 0 unspecified atom stereocenters. The number of pyridine rings is 1. The van der Waals surface area contributed by atoms with Gasteiger partial charge in [-0.1, -0.05) is 12.1 Å². The standard InChI is InChI=1S/C14H15N5O/c1-2-7-16-14-17-9-6-12(19-14)13(20)18-10-11-5-3-4-8-15-11/h2-6,8-9H,1,7,10H2,(H,18,20)(H,16,17,19). The van der Waals surface area contributed by atoms with E-state index in [9.17, 15) is 4.79 Å². The van der Waals surface area contributed by atoms with E-state index in [0.717, 1.165) is 5.69 Å². The Morgan fingerprint density at radius 2 is 2.15 bits per heavy atom. The summed E-state index contributed by atoms with van der Waals surface area (Å²) in [7, 11) is 0. The van der Waals surface area contributed by atoms with Crippen LogP contribution < -0.4 is 10.6 Å². The van der Waals surface area contributed by atoms with Gasteiger partial charge in [0.25, 0.3) is 5.91 Å². The van der Waals surface area contributed by atoms with E-state index in [-0.39, 0.29) is 5.91 Å². The number of nitrogens with zero attached hydrogens (tertiary/aromatic N) is 3. The second kappa shape index (κ2) is 6.98. The van der Waals surface area contributed by atoms with Crippen LogP contribution in [0.15, 0.2) is 49.3 Å². The zero-order valence-electron chi connectivity index (χ0n) is 10.9. The van der Waals surface area contributed by atoms with Crippen LogP contribution in [0.1, 0.15) is 16.2 Å². The molecule has 6 heteroatoms. The lowest BCUT2D eigenvalue weighted by atomic mass is 10.3. The van der Waals surface area contributed by atoms with Gasteiger partial charge in [0, 0.05) is 18.9 Å². The van der Waals surface area contributed by atoms with Crippen LogP contribution in [0.5, 0.6) is 0 Å². The van der Waals surface area contributed by atoms with Gasteiger partial charge in [0.05, 0.1) is 12.2 Å². The van der Waals surface area contributed by atoms with Crippen LogP contribution in [-0.2, 0) is 6.54 Å². The number of nitrogens with one attached hydrogen (secondary N) is 2. The Bertz CT molecular complexity index is 585. The van der Waals surface area contributed by atoms with Gasteiger partial charge in [0.15, 0.2) is 0 Å². The molecule has 0 atom stereocenters. The molecule has 0 bridgehead atoms. The van der Waals surface area contributed by atoms with E-state index in [4.69, 9.17) is 0 Å². The number of rotatable bonds is 6. The summed E-state index contributed by atoms with van der Waals surface area (Å²) in [6.07, 6.45) is 4.91. The zero-order valence-corrected chi connectivity index (χ0v) is 10.9. The largest absolute Gasteiger partial charge is 0.351 e. The first kappa shape index (κ1) is 13.7. The van der Waals surface area contributed by atoms with Gasteiger partial charge in [-0.3, -0.25) is 9.78 Å². The molecule has 2 aromatic heterocycles. The van der Waals surface area contributed by atoms with Crippen LogP contribution in [0.3, 0.4) is 0 Å². The second-order valence-electron chi connectivity index (χ2n) is 3.94. The second-order valence-corrected chi connectivity index (χ2v) is 3.94. The van der Waals surface area contributed by atoms with Crippen LogP contribution in [0.25, 0.3) is 0 Å². The zero-order chi connectivity index (χ0) is 14.2. The van der Waals surface area contributed by atoms with E-state index in [2.05, 4.69) is 32.2 Å². The van der Waals surface area contributed by atoms with Crippen LogP contribution in [-0.4, -0.2) is 27.4 Å². The minimum atomic E-state index is -0.264. The van der Waals surface area contributed by atoms with Crippen LogP contribution in [0, 0.1) is 0 Å². The maximum atomic E-state index is 12.0. The molecule has 1 amide bonds. The van der Waals surface area contributed by atoms with Crippen molar-refractivity contribution < 1.29 is 4.79 Å². The highest BCUT2D eigenvalue weighted by molar-refractivity contribution is 5.92. The predicted molar refractivity (Wildman–Crippen MR) is 76.1 cm³/mol. The summed E-state index contributed by atoms with van der Waals surface area (Å²) >= 11 is 0. The van der Waals surface area contributed by atoms with E-state index in [1.807, 2.05) is 18.2 Å². The Labute approximate surface area is 117 Å². The van der Waals surface area contributed by atoms with Crippen molar-refractivity contribution in [2.24, 2.45) is 0 Å². The van der Waals surface area contributed by atoms with E-state index >= 15 is 0 Å². The van der Waals surface area contributed by atoms with Crippen LogP contribution in [0.4, 0.5) is 5.95 Å². The smallest absolute Gasteiger partial charge is 0.270 e. The third-order valence-corrected chi connectivity index (χ3v) is 2.45.